The Balaban J connectivity index is 4.76. The van der Waals surface area contributed by atoms with E-state index < -0.39 is 11.9 Å². The molecule has 0 saturated heterocycles. The zero-order valence-electron chi connectivity index (χ0n) is 8.99. The van der Waals surface area contributed by atoms with Crippen LogP contribution in [0.3, 0.4) is 0 Å². The highest BCUT2D eigenvalue weighted by Crippen LogP contribution is 2.10. The molecule has 82 valence electrons. The molecule has 0 rings (SSSR count). The van der Waals surface area contributed by atoms with Crippen molar-refractivity contribution in [1.29, 1.82) is 5.26 Å². The van der Waals surface area contributed by atoms with E-state index in [0.717, 1.165) is 0 Å². The van der Waals surface area contributed by atoms with Crippen molar-refractivity contribution in [3.8, 4) is 6.07 Å². The Hall–Kier alpha value is -1.83. The molecule has 0 fully saturated rings. The molecule has 0 atom stereocenters. The second-order valence-corrected chi connectivity index (χ2v) is 2.74. The molecule has 5 nitrogen and oxygen atoms in total. The largest absolute Gasteiger partial charge is 0.469 e. The second kappa shape index (κ2) is 6.60. The third-order valence-electron chi connectivity index (χ3n) is 1.66. The van der Waals surface area contributed by atoms with Crippen molar-refractivity contribution < 1.29 is 19.1 Å². The van der Waals surface area contributed by atoms with Crippen molar-refractivity contribution in [3.05, 3.63) is 11.1 Å². The summed E-state index contributed by atoms with van der Waals surface area (Å²) in [7, 11) is 1.24. The molecular formula is C10H13NO4. The van der Waals surface area contributed by atoms with Crippen LogP contribution in [0.5, 0.6) is 0 Å². The van der Waals surface area contributed by atoms with Gasteiger partial charge in [-0.3, -0.25) is 4.79 Å². The van der Waals surface area contributed by atoms with Gasteiger partial charge in [0.15, 0.2) is 0 Å². The van der Waals surface area contributed by atoms with Gasteiger partial charge in [0.1, 0.15) is 11.6 Å². The molecule has 0 aromatic heterocycles. The molecule has 0 aliphatic heterocycles. The minimum Gasteiger partial charge on any atom is -0.469 e. The Labute approximate surface area is 88.3 Å². The lowest BCUT2D eigenvalue weighted by atomic mass is 10.1. The summed E-state index contributed by atoms with van der Waals surface area (Å²) in [5, 5.41) is 8.72. The number of esters is 2. The zero-order valence-corrected chi connectivity index (χ0v) is 8.99. The molecule has 5 heteroatoms. The van der Waals surface area contributed by atoms with Crippen LogP contribution in [-0.2, 0) is 19.1 Å². The third-order valence-corrected chi connectivity index (χ3v) is 1.66. The fourth-order valence-corrected chi connectivity index (χ4v) is 0.896. The van der Waals surface area contributed by atoms with Crippen LogP contribution in [0.1, 0.15) is 20.3 Å². The van der Waals surface area contributed by atoms with Crippen LogP contribution in [0.2, 0.25) is 0 Å². The minimum atomic E-state index is -0.707. The normalized spacial score (nSPS) is 11.1. The molecule has 0 aliphatic rings. The molecule has 0 aromatic rings. The van der Waals surface area contributed by atoms with Gasteiger partial charge in [-0.05, 0) is 19.4 Å². The third kappa shape index (κ3) is 4.27. The van der Waals surface area contributed by atoms with E-state index in [1.807, 2.05) is 0 Å². The lowest BCUT2D eigenvalue weighted by molar-refractivity contribution is -0.139. The van der Waals surface area contributed by atoms with Crippen LogP contribution in [0.25, 0.3) is 0 Å². The highest BCUT2D eigenvalue weighted by atomic mass is 16.5. The van der Waals surface area contributed by atoms with Crippen LogP contribution in [0.15, 0.2) is 11.1 Å². The molecule has 0 N–H and O–H groups in total. The first-order chi connectivity index (χ1) is 7.06. The van der Waals surface area contributed by atoms with Crippen LogP contribution >= 0.6 is 0 Å². The van der Waals surface area contributed by atoms with Crippen LogP contribution in [-0.4, -0.2) is 25.7 Å². The quantitative estimate of drug-likeness (QED) is 0.393. The van der Waals surface area contributed by atoms with Crippen molar-refractivity contribution >= 4 is 11.9 Å². The Morgan fingerprint density at radius 1 is 1.40 bits per heavy atom. The van der Waals surface area contributed by atoms with Crippen molar-refractivity contribution in [1.82, 2.24) is 0 Å². The lowest BCUT2D eigenvalue weighted by Crippen LogP contribution is -2.10. The SMILES string of the molecule is CCOC(=O)C(C#N)=C(C)CC(=O)OC. The fourth-order valence-electron chi connectivity index (χ4n) is 0.896. The highest BCUT2D eigenvalue weighted by molar-refractivity contribution is 5.94. The summed E-state index contributed by atoms with van der Waals surface area (Å²) in [5.74, 6) is -1.20. The maximum absolute atomic E-state index is 11.2. The van der Waals surface area contributed by atoms with Crippen molar-refractivity contribution in [2.75, 3.05) is 13.7 Å². The van der Waals surface area contributed by atoms with Crippen molar-refractivity contribution in [3.63, 3.8) is 0 Å². The first-order valence-corrected chi connectivity index (χ1v) is 4.40. The number of rotatable bonds is 4. The molecule has 0 spiro atoms. The topological polar surface area (TPSA) is 76.4 Å². The maximum atomic E-state index is 11.2. The molecule has 0 bridgehead atoms. The number of hydrogen-bond donors (Lipinski definition) is 0. The Bertz CT molecular complexity index is 325. The van der Waals surface area contributed by atoms with Crippen LogP contribution in [0.4, 0.5) is 0 Å². The summed E-state index contributed by atoms with van der Waals surface area (Å²) in [5.41, 5.74) is 0.213. The van der Waals surface area contributed by atoms with Crippen molar-refractivity contribution in [2.24, 2.45) is 0 Å². The van der Waals surface area contributed by atoms with Gasteiger partial charge in [0.2, 0.25) is 0 Å². The predicted octanol–water partition coefficient (Wildman–Crippen LogP) is 0.953. The number of nitriles is 1. The molecule has 15 heavy (non-hydrogen) atoms. The Morgan fingerprint density at radius 3 is 2.40 bits per heavy atom. The van der Waals surface area contributed by atoms with E-state index in [-0.39, 0.29) is 18.6 Å². The molecule has 0 amide bonds. The Morgan fingerprint density at radius 2 is 2.00 bits per heavy atom. The van der Waals surface area contributed by atoms with E-state index >= 15 is 0 Å². The van der Waals surface area contributed by atoms with Gasteiger partial charge in [0.25, 0.3) is 0 Å². The van der Waals surface area contributed by atoms with E-state index in [0.29, 0.717) is 5.57 Å². The van der Waals surface area contributed by atoms with Gasteiger partial charge in [0, 0.05) is 0 Å². The first kappa shape index (κ1) is 13.2. The number of nitrogens with zero attached hydrogens (tertiary/aromatic N) is 1. The highest BCUT2D eigenvalue weighted by Gasteiger charge is 2.15. The Kier molecular flexibility index (Phi) is 5.79. The van der Waals surface area contributed by atoms with Gasteiger partial charge in [-0.2, -0.15) is 5.26 Å². The number of carbonyl (C=O) groups excluding carboxylic acids is 2. The van der Waals surface area contributed by atoms with Crippen molar-refractivity contribution in [2.45, 2.75) is 20.3 Å². The molecule has 0 unspecified atom stereocenters. The lowest BCUT2D eigenvalue weighted by Gasteiger charge is -2.04. The predicted molar refractivity (Wildman–Crippen MR) is 51.6 cm³/mol. The van der Waals surface area contributed by atoms with E-state index in [9.17, 15) is 9.59 Å². The monoisotopic (exact) mass is 211 g/mol. The maximum Gasteiger partial charge on any atom is 0.348 e. The first-order valence-electron chi connectivity index (χ1n) is 4.40. The molecule has 0 aliphatic carbocycles. The summed E-state index contributed by atoms with van der Waals surface area (Å²) in [6.45, 7) is 3.35. The van der Waals surface area contributed by atoms with Gasteiger partial charge in [0.05, 0.1) is 20.1 Å². The van der Waals surface area contributed by atoms with Gasteiger partial charge in [-0.15, -0.1) is 0 Å². The number of methoxy groups -OCH3 is 1. The zero-order chi connectivity index (χ0) is 11.8. The van der Waals surface area contributed by atoms with Gasteiger partial charge in [-0.25, -0.2) is 4.79 Å². The standard InChI is InChI=1S/C10H13NO4/c1-4-15-10(13)8(6-11)7(2)5-9(12)14-3/h4-5H2,1-3H3. The second-order valence-electron chi connectivity index (χ2n) is 2.74. The molecular weight excluding hydrogens is 198 g/mol. The molecule has 0 radical (unpaired) electrons. The molecule has 0 saturated carbocycles. The summed E-state index contributed by atoms with van der Waals surface area (Å²) in [6.07, 6.45) is -0.0851. The molecule has 0 heterocycles. The summed E-state index contributed by atoms with van der Waals surface area (Å²) in [4.78, 5) is 22.1. The van der Waals surface area contributed by atoms with E-state index in [4.69, 9.17) is 5.26 Å². The van der Waals surface area contributed by atoms with E-state index in [1.54, 1.807) is 13.0 Å². The summed E-state index contributed by atoms with van der Waals surface area (Å²) < 4.78 is 9.08. The molecule has 0 aromatic carbocycles. The van der Waals surface area contributed by atoms with E-state index in [1.165, 1.54) is 14.0 Å². The summed E-state index contributed by atoms with van der Waals surface area (Å²) in [6, 6.07) is 1.71. The fraction of sp³-hybridized carbons (Fsp3) is 0.500. The average Bonchev–Trinajstić information content (AvgIpc) is 2.19. The van der Waals surface area contributed by atoms with Gasteiger partial charge >= 0.3 is 11.9 Å². The smallest absolute Gasteiger partial charge is 0.348 e. The average molecular weight is 211 g/mol. The van der Waals surface area contributed by atoms with Crippen LogP contribution in [0, 0.1) is 11.3 Å². The number of hydrogen-bond acceptors (Lipinski definition) is 5. The van der Waals surface area contributed by atoms with Gasteiger partial charge < -0.3 is 9.47 Å². The van der Waals surface area contributed by atoms with E-state index in [2.05, 4.69) is 9.47 Å². The van der Waals surface area contributed by atoms with Crippen LogP contribution < -0.4 is 0 Å². The summed E-state index contributed by atoms with van der Waals surface area (Å²) >= 11 is 0. The van der Waals surface area contributed by atoms with Gasteiger partial charge in [-0.1, -0.05) is 0 Å². The number of carbonyl (C=O) groups is 2. The minimum absolute atomic E-state index is 0.0851. The number of ether oxygens (including phenoxy) is 2.